The molecule has 0 amide bonds. The van der Waals surface area contributed by atoms with Gasteiger partial charge < -0.3 is 4.98 Å². The summed E-state index contributed by atoms with van der Waals surface area (Å²) in [6, 6.07) is 22.8. The number of hydrogen-bond donors (Lipinski definition) is 1. The van der Waals surface area contributed by atoms with E-state index in [4.69, 9.17) is 4.98 Å². The second kappa shape index (κ2) is 8.01. The van der Waals surface area contributed by atoms with Crippen molar-refractivity contribution < 1.29 is 0 Å². The van der Waals surface area contributed by atoms with E-state index in [1.165, 1.54) is 0 Å². The highest BCUT2D eigenvalue weighted by atomic mass is 32.2. The number of aromatic nitrogens is 5. The molecule has 0 fully saturated rings. The lowest BCUT2D eigenvalue weighted by molar-refractivity contribution is 0.573. The van der Waals surface area contributed by atoms with E-state index in [2.05, 4.69) is 73.9 Å². The Morgan fingerprint density at radius 2 is 1.62 bits per heavy atom. The molecule has 3 heterocycles. The van der Waals surface area contributed by atoms with Crippen molar-refractivity contribution in [1.82, 2.24) is 24.1 Å². The maximum absolute atomic E-state index is 4.92. The van der Waals surface area contributed by atoms with Crippen LogP contribution in [0, 0.1) is 0 Å². The van der Waals surface area contributed by atoms with E-state index in [0.29, 0.717) is 0 Å². The van der Waals surface area contributed by atoms with Crippen LogP contribution in [0.3, 0.4) is 0 Å². The van der Waals surface area contributed by atoms with Gasteiger partial charge in [-0.3, -0.25) is 4.68 Å². The molecule has 0 atom stereocenters. The molecule has 0 bridgehead atoms. The van der Waals surface area contributed by atoms with Crippen LogP contribution in [0.25, 0.3) is 28.2 Å². The van der Waals surface area contributed by atoms with Crippen LogP contribution in [-0.4, -0.2) is 29.9 Å². The van der Waals surface area contributed by atoms with E-state index in [-0.39, 0.29) is 0 Å². The van der Waals surface area contributed by atoms with E-state index < -0.39 is 0 Å². The van der Waals surface area contributed by atoms with E-state index in [1.807, 2.05) is 30.6 Å². The number of imidazole rings is 2. The Hall–Kier alpha value is -3.25. The van der Waals surface area contributed by atoms with Crippen LogP contribution in [0.5, 0.6) is 0 Å². The fourth-order valence-electron chi connectivity index (χ4n) is 3.49. The number of H-pyrrole nitrogens is 1. The molecule has 29 heavy (non-hydrogen) atoms. The molecular weight excluding hydrogens is 378 g/mol. The van der Waals surface area contributed by atoms with Crippen LogP contribution in [0.15, 0.2) is 90.5 Å². The molecule has 0 aliphatic carbocycles. The zero-order valence-corrected chi connectivity index (χ0v) is 16.7. The second-order valence-corrected chi connectivity index (χ2v) is 7.89. The number of nitrogens with zero attached hydrogens (tertiary/aromatic N) is 4. The highest BCUT2D eigenvalue weighted by molar-refractivity contribution is 7.99. The largest absolute Gasteiger partial charge is 0.332 e. The number of thioether (sulfide) groups is 1. The minimum atomic E-state index is 0.949. The normalized spacial score (nSPS) is 11.3. The minimum absolute atomic E-state index is 0.949. The molecule has 0 aliphatic heterocycles. The summed E-state index contributed by atoms with van der Waals surface area (Å²) in [4.78, 5) is 12.8. The molecule has 0 saturated heterocycles. The van der Waals surface area contributed by atoms with Crippen LogP contribution in [-0.2, 0) is 6.54 Å². The molecule has 1 N–H and O–H groups in total. The second-order valence-electron chi connectivity index (χ2n) is 6.81. The molecule has 3 aromatic heterocycles. The van der Waals surface area contributed by atoms with E-state index in [1.54, 1.807) is 11.8 Å². The van der Waals surface area contributed by atoms with Gasteiger partial charge in [0.25, 0.3) is 0 Å². The van der Waals surface area contributed by atoms with Gasteiger partial charge in [0.05, 0.1) is 11.4 Å². The van der Waals surface area contributed by atoms with Gasteiger partial charge in [-0.25, -0.2) is 14.5 Å². The highest BCUT2D eigenvalue weighted by Crippen LogP contribution is 2.32. The maximum atomic E-state index is 4.92. The molecular formula is C23H21N5S. The fourth-order valence-corrected chi connectivity index (χ4v) is 4.28. The van der Waals surface area contributed by atoms with Gasteiger partial charge >= 0.3 is 0 Å². The molecule has 0 radical (unpaired) electrons. The molecule has 0 spiro atoms. The lowest BCUT2D eigenvalue weighted by Crippen LogP contribution is -2.04. The van der Waals surface area contributed by atoms with E-state index in [0.717, 1.165) is 52.0 Å². The monoisotopic (exact) mass is 399 g/mol. The third-order valence-electron chi connectivity index (χ3n) is 4.88. The Balaban J connectivity index is 1.32. The molecule has 6 heteroatoms. The first-order chi connectivity index (χ1) is 14.4. The van der Waals surface area contributed by atoms with Crippen molar-refractivity contribution in [3.05, 3.63) is 85.3 Å². The summed E-state index contributed by atoms with van der Waals surface area (Å²) < 4.78 is 4.27. The predicted octanol–water partition coefficient (Wildman–Crippen LogP) is 5.38. The number of fused-ring (bicyclic) bond motifs is 1. The van der Waals surface area contributed by atoms with Gasteiger partial charge in [0.1, 0.15) is 0 Å². The van der Waals surface area contributed by atoms with Crippen molar-refractivity contribution in [2.45, 2.75) is 18.1 Å². The zero-order valence-electron chi connectivity index (χ0n) is 15.9. The average Bonchev–Trinajstić information content (AvgIpc) is 3.49. The number of benzene rings is 2. The summed E-state index contributed by atoms with van der Waals surface area (Å²) in [6.45, 7) is 0.949. The third kappa shape index (κ3) is 3.71. The first-order valence-electron chi connectivity index (χ1n) is 9.70. The van der Waals surface area contributed by atoms with Gasteiger partial charge in [0, 0.05) is 48.1 Å². The Labute approximate surface area is 173 Å². The SMILES string of the molecule is c1ccc(-c2nc(SCCCn3ccc4nccn43)[nH]c2-c2ccccc2)cc1. The van der Waals surface area contributed by atoms with E-state index >= 15 is 0 Å². The average molecular weight is 400 g/mol. The van der Waals surface area contributed by atoms with Crippen molar-refractivity contribution >= 4 is 17.4 Å². The van der Waals surface area contributed by atoms with Gasteiger partial charge in [0.15, 0.2) is 10.8 Å². The molecule has 0 aliphatic rings. The number of nitrogens with one attached hydrogen (secondary N) is 1. The highest BCUT2D eigenvalue weighted by Gasteiger charge is 2.14. The summed E-state index contributed by atoms with van der Waals surface area (Å²) >= 11 is 1.77. The van der Waals surface area contributed by atoms with Crippen molar-refractivity contribution in [2.75, 3.05) is 5.75 Å². The lowest BCUT2D eigenvalue weighted by Gasteiger charge is -2.04. The first-order valence-corrected chi connectivity index (χ1v) is 10.7. The molecule has 2 aromatic carbocycles. The number of rotatable bonds is 7. The number of aryl methyl sites for hydroxylation is 1. The predicted molar refractivity (Wildman–Crippen MR) is 118 cm³/mol. The lowest BCUT2D eigenvalue weighted by atomic mass is 10.1. The van der Waals surface area contributed by atoms with Crippen LogP contribution in [0.2, 0.25) is 0 Å². The van der Waals surface area contributed by atoms with Crippen molar-refractivity contribution in [1.29, 1.82) is 0 Å². The third-order valence-corrected chi connectivity index (χ3v) is 5.84. The summed E-state index contributed by atoms with van der Waals surface area (Å²) in [5.74, 6) is 0.990. The zero-order chi connectivity index (χ0) is 19.5. The topological polar surface area (TPSA) is 50.9 Å². The number of hydrogen-bond acceptors (Lipinski definition) is 3. The summed E-state index contributed by atoms with van der Waals surface area (Å²) in [5.41, 5.74) is 5.35. The quantitative estimate of drug-likeness (QED) is 0.295. The van der Waals surface area contributed by atoms with Gasteiger partial charge in [-0.15, -0.1) is 0 Å². The maximum Gasteiger partial charge on any atom is 0.166 e. The summed E-state index contributed by atoms with van der Waals surface area (Å²) in [5, 5.41) is 0.961. The van der Waals surface area contributed by atoms with E-state index in [9.17, 15) is 0 Å². The standard InChI is InChI=1S/C23H21N5S/c1-3-8-18(9-4-1)21-22(19-10-5-2-6-11-19)26-23(25-21)29-17-7-14-27-15-12-20-24-13-16-28(20)27/h1-6,8-13,15-16H,7,14,17H2,(H,25,26). The summed E-state index contributed by atoms with van der Waals surface area (Å²) in [7, 11) is 0. The van der Waals surface area contributed by atoms with Crippen molar-refractivity contribution in [3.8, 4) is 22.5 Å². The number of aromatic amines is 1. The van der Waals surface area contributed by atoms with Crippen LogP contribution < -0.4 is 0 Å². The van der Waals surface area contributed by atoms with Gasteiger partial charge in [-0.05, 0) is 6.42 Å². The molecule has 0 unspecified atom stereocenters. The fraction of sp³-hybridized carbons (Fsp3) is 0.130. The molecule has 5 nitrogen and oxygen atoms in total. The Kier molecular flexibility index (Phi) is 4.92. The minimum Gasteiger partial charge on any atom is -0.332 e. The van der Waals surface area contributed by atoms with Crippen molar-refractivity contribution in [3.63, 3.8) is 0 Å². The summed E-state index contributed by atoms with van der Waals surface area (Å²) in [6.07, 6.45) is 6.96. The first kappa shape index (κ1) is 17.8. The Bertz CT molecular complexity index is 1150. The van der Waals surface area contributed by atoms with Gasteiger partial charge in [-0.1, -0.05) is 72.4 Å². The smallest absolute Gasteiger partial charge is 0.166 e. The Morgan fingerprint density at radius 3 is 2.41 bits per heavy atom. The van der Waals surface area contributed by atoms with Crippen molar-refractivity contribution in [2.24, 2.45) is 0 Å². The van der Waals surface area contributed by atoms with Crippen LogP contribution in [0.4, 0.5) is 0 Å². The van der Waals surface area contributed by atoms with Gasteiger partial charge in [-0.2, -0.15) is 0 Å². The molecule has 5 aromatic rings. The Morgan fingerprint density at radius 1 is 0.862 bits per heavy atom. The van der Waals surface area contributed by atoms with Crippen LogP contribution in [0.1, 0.15) is 6.42 Å². The van der Waals surface area contributed by atoms with Crippen LogP contribution >= 0.6 is 11.8 Å². The molecule has 144 valence electrons. The molecule has 0 saturated carbocycles. The molecule has 5 rings (SSSR count). The van der Waals surface area contributed by atoms with Gasteiger partial charge in [0.2, 0.25) is 0 Å².